The third-order valence-electron chi connectivity index (χ3n) is 3.38. The van der Waals surface area contributed by atoms with Crippen molar-refractivity contribution in [3.05, 3.63) is 51.9 Å². The second kappa shape index (κ2) is 6.24. The van der Waals surface area contributed by atoms with E-state index in [1.54, 1.807) is 51.1 Å². The number of carbonyl (C=O) groups is 2. The van der Waals surface area contributed by atoms with E-state index in [9.17, 15) is 9.59 Å². The number of fused-ring (bicyclic) bond motifs is 1. The van der Waals surface area contributed by atoms with Gasteiger partial charge in [0.2, 0.25) is 0 Å². The summed E-state index contributed by atoms with van der Waals surface area (Å²) in [5, 5.41) is 0.611. The second-order valence-corrected chi connectivity index (χ2v) is 7.29. The van der Waals surface area contributed by atoms with Crippen molar-refractivity contribution in [3.8, 4) is 0 Å². The summed E-state index contributed by atoms with van der Waals surface area (Å²) in [4.78, 5) is 26.3. The van der Waals surface area contributed by atoms with Gasteiger partial charge in [-0.1, -0.05) is 17.7 Å². The number of rotatable bonds is 1. The van der Waals surface area contributed by atoms with Crippen LogP contribution in [0.1, 0.15) is 32.1 Å². The van der Waals surface area contributed by atoms with Crippen LogP contribution in [0.15, 0.2) is 34.7 Å². The van der Waals surface area contributed by atoms with Crippen molar-refractivity contribution in [2.45, 2.75) is 26.4 Å². The molecule has 130 valence electrons. The van der Waals surface area contributed by atoms with Crippen LogP contribution in [-0.4, -0.2) is 17.6 Å². The molecular weight excluding hydrogens is 365 g/mol. The summed E-state index contributed by atoms with van der Waals surface area (Å²) in [5.41, 5.74) is 0.490. The van der Waals surface area contributed by atoms with Gasteiger partial charge in [-0.05, 0) is 62.7 Å². The minimum absolute atomic E-state index is 0.206. The third-order valence-corrected chi connectivity index (χ3v) is 3.82. The lowest BCUT2D eigenvalue weighted by molar-refractivity contribution is -0.112. The van der Waals surface area contributed by atoms with Gasteiger partial charge in [-0.25, -0.2) is 9.69 Å². The molecular formula is C18H15Cl2NO4. The van der Waals surface area contributed by atoms with Crippen molar-refractivity contribution < 1.29 is 18.7 Å². The first kappa shape index (κ1) is 17.6. The maximum absolute atomic E-state index is 12.9. The molecule has 2 aromatic rings. The van der Waals surface area contributed by atoms with Crippen LogP contribution in [0, 0.1) is 0 Å². The molecule has 0 atom stereocenters. The fourth-order valence-corrected chi connectivity index (χ4v) is 2.76. The number of hydrogen-bond acceptors (Lipinski definition) is 4. The first-order valence-electron chi connectivity index (χ1n) is 7.50. The van der Waals surface area contributed by atoms with Gasteiger partial charge in [0.15, 0.2) is 5.22 Å². The minimum Gasteiger partial charge on any atom is -0.445 e. The summed E-state index contributed by atoms with van der Waals surface area (Å²) in [6, 6.07) is 8.08. The molecule has 1 aromatic heterocycles. The standard InChI is InChI=1S/C18H15Cl2NO4/c1-18(2,3)25-17(23)21-14-8-10(19)4-6-12(14)13(16(21)22)9-11-5-7-15(20)24-11/h4-9H,1-3H3/b13-9-. The summed E-state index contributed by atoms with van der Waals surface area (Å²) in [6.45, 7) is 5.18. The zero-order valence-corrected chi connectivity index (χ0v) is 15.3. The second-order valence-electron chi connectivity index (χ2n) is 6.48. The normalized spacial score (nSPS) is 15.6. The Balaban J connectivity index is 2.08. The lowest BCUT2D eigenvalue weighted by Gasteiger charge is -2.23. The molecule has 1 aliphatic rings. The van der Waals surface area contributed by atoms with Crippen LogP contribution in [0.5, 0.6) is 0 Å². The SMILES string of the molecule is CC(C)(C)OC(=O)N1C(=O)/C(=C\c2ccc(Cl)o2)c2ccc(Cl)cc21. The molecule has 0 bridgehead atoms. The topological polar surface area (TPSA) is 59.8 Å². The highest BCUT2D eigenvalue weighted by Gasteiger charge is 2.39. The number of hydrogen-bond donors (Lipinski definition) is 0. The minimum atomic E-state index is -0.762. The molecule has 2 amide bonds. The molecule has 0 spiro atoms. The molecule has 0 radical (unpaired) electrons. The Morgan fingerprint density at radius 1 is 1.20 bits per heavy atom. The van der Waals surface area contributed by atoms with Crippen molar-refractivity contribution in [1.29, 1.82) is 0 Å². The molecule has 0 saturated heterocycles. The van der Waals surface area contributed by atoms with E-state index in [1.807, 2.05) is 0 Å². The number of imide groups is 1. The lowest BCUT2D eigenvalue weighted by atomic mass is 10.1. The van der Waals surface area contributed by atoms with E-state index in [0.717, 1.165) is 4.90 Å². The lowest BCUT2D eigenvalue weighted by Crippen LogP contribution is -2.38. The van der Waals surface area contributed by atoms with E-state index in [-0.39, 0.29) is 5.22 Å². The Morgan fingerprint density at radius 2 is 1.92 bits per heavy atom. The monoisotopic (exact) mass is 379 g/mol. The maximum Gasteiger partial charge on any atom is 0.422 e. The Labute approximate surface area is 154 Å². The molecule has 0 N–H and O–H groups in total. The van der Waals surface area contributed by atoms with Gasteiger partial charge in [-0.3, -0.25) is 4.79 Å². The number of halogens is 2. The molecule has 0 aliphatic carbocycles. The number of ether oxygens (including phenoxy) is 1. The van der Waals surface area contributed by atoms with E-state index in [2.05, 4.69) is 0 Å². The van der Waals surface area contributed by atoms with Crippen LogP contribution in [0.3, 0.4) is 0 Å². The first-order chi connectivity index (χ1) is 11.7. The summed E-state index contributed by atoms with van der Waals surface area (Å²) < 4.78 is 10.6. The average Bonchev–Trinajstić information content (AvgIpc) is 2.99. The summed E-state index contributed by atoms with van der Waals surface area (Å²) in [5.74, 6) is -0.112. The molecule has 25 heavy (non-hydrogen) atoms. The highest BCUT2D eigenvalue weighted by molar-refractivity contribution is 6.42. The maximum atomic E-state index is 12.9. The average molecular weight is 380 g/mol. The van der Waals surface area contributed by atoms with E-state index >= 15 is 0 Å². The van der Waals surface area contributed by atoms with Gasteiger partial charge >= 0.3 is 6.09 Å². The van der Waals surface area contributed by atoms with E-state index in [4.69, 9.17) is 32.4 Å². The smallest absolute Gasteiger partial charge is 0.422 e. The summed E-state index contributed by atoms with van der Waals surface area (Å²) >= 11 is 11.8. The molecule has 2 heterocycles. The Morgan fingerprint density at radius 3 is 2.52 bits per heavy atom. The zero-order chi connectivity index (χ0) is 18.4. The van der Waals surface area contributed by atoms with Gasteiger partial charge < -0.3 is 9.15 Å². The Bertz CT molecular complexity index is 893. The third kappa shape index (κ3) is 3.57. The molecule has 0 fully saturated rings. The highest BCUT2D eigenvalue weighted by Crippen LogP contribution is 2.40. The molecule has 5 nitrogen and oxygen atoms in total. The zero-order valence-electron chi connectivity index (χ0n) is 13.8. The number of carbonyl (C=O) groups excluding carboxylic acids is 2. The number of nitrogens with zero attached hydrogens (tertiary/aromatic N) is 1. The van der Waals surface area contributed by atoms with Gasteiger partial charge in [-0.2, -0.15) is 0 Å². The molecule has 7 heteroatoms. The number of anilines is 1. The number of furan rings is 1. The van der Waals surface area contributed by atoms with Crippen LogP contribution in [0.4, 0.5) is 10.5 Å². The predicted octanol–water partition coefficient (Wildman–Crippen LogP) is 5.41. The van der Waals surface area contributed by atoms with Gasteiger partial charge in [0.05, 0.1) is 11.3 Å². The predicted molar refractivity (Wildman–Crippen MR) is 96.8 cm³/mol. The number of amides is 2. The van der Waals surface area contributed by atoms with Crippen molar-refractivity contribution in [1.82, 2.24) is 0 Å². The Hall–Kier alpha value is -2.24. The van der Waals surface area contributed by atoms with Gasteiger partial charge in [0.1, 0.15) is 11.4 Å². The van der Waals surface area contributed by atoms with E-state index in [0.29, 0.717) is 27.6 Å². The van der Waals surface area contributed by atoms with Crippen LogP contribution in [0.2, 0.25) is 10.2 Å². The van der Waals surface area contributed by atoms with Crippen molar-refractivity contribution >= 4 is 52.5 Å². The van der Waals surface area contributed by atoms with Gasteiger partial charge in [0.25, 0.3) is 5.91 Å². The molecule has 0 unspecified atom stereocenters. The number of benzene rings is 1. The quantitative estimate of drug-likeness (QED) is 0.621. The van der Waals surface area contributed by atoms with Crippen molar-refractivity contribution in [2.75, 3.05) is 4.90 Å². The first-order valence-corrected chi connectivity index (χ1v) is 8.26. The molecule has 1 aromatic carbocycles. The van der Waals surface area contributed by atoms with Crippen molar-refractivity contribution in [3.63, 3.8) is 0 Å². The van der Waals surface area contributed by atoms with Crippen LogP contribution in [-0.2, 0) is 9.53 Å². The van der Waals surface area contributed by atoms with Crippen molar-refractivity contribution in [2.24, 2.45) is 0 Å². The van der Waals surface area contributed by atoms with E-state index < -0.39 is 17.6 Å². The van der Waals surface area contributed by atoms with Crippen LogP contribution >= 0.6 is 23.2 Å². The largest absolute Gasteiger partial charge is 0.445 e. The summed E-state index contributed by atoms with van der Waals surface area (Å²) in [7, 11) is 0. The molecule has 0 saturated carbocycles. The van der Waals surface area contributed by atoms with Gasteiger partial charge in [0, 0.05) is 10.6 Å². The van der Waals surface area contributed by atoms with Crippen LogP contribution < -0.4 is 4.90 Å². The summed E-state index contributed by atoms with van der Waals surface area (Å²) in [6.07, 6.45) is 0.771. The fourth-order valence-electron chi connectivity index (χ4n) is 2.44. The molecule has 1 aliphatic heterocycles. The van der Waals surface area contributed by atoms with Gasteiger partial charge in [-0.15, -0.1) is 0 Å². The molecule has 3 rings (SSSR count). The van der Waals surface area contributed by atoms with E-state index in [1.165, 1.54) is 6.08 Å². The fraction of sp³-hybridized carbons (Fsp3) is 0.222. The Kier molecular flexibility index (Phi) is 4.39. The highest BCUT2D eigenvalue weighted by atomic mass is 35.5. The van der Waals surface area contributed by atoms with Crippen LogP contribution in [0.25, 0.3) is 11.6 Å².